The number of hydrogen-bond acceptors (Lipinski definition) is 0. The summed E-state index contributed by atoms with van der Waals surface area (Å²) in [6, 6.07) is 35.9. The van der Waals surface area contributed by atoms with Crippen LogP contribution >= 0.6 is 0 Å². The zero-order chi connectivity index (χ0) is 24.1. The molecule has 6 rings (SSSR count). The number of hydrogen-bond donors (Lipinski definition) is 0. The maximum Gasteiger partial charge on any atom is 0.213 e. The maximum atomic E-state index is 2.38. The minimum atomic E-state index is 0.473. The van der Waals surface area contributed by atoms with Crippen molar-refractivity contribution in [2.75, 3.05) is 0 Å². The van der Waals surface area contributed by atoms with Gasteiger partial charge in [0.15, 0.2) is 6.20 Å². The predicted molar refractivity (Wildman–Crippen MR) is 147 cm³/mol. The molecule has 0 fully saturated rings. The van der Waals surface area contributed by atoms with Gasteiger partial charge < -0.3 is 0 Å². The van der Waals surface area contributed by atoms with Crippen LogP contribution in [0.4, 0.5) is 0 Å². The minimum absolute atomic E-state index is 0.473. The molecular formula is C34H30N+. The molecule has 1 nitrogen and oxygen atoms in total. The number of fused-ring (bicyclic) bond motifs is 8. The van der Waals surface area contributed by atoms with Crippen LogP contribution in [0.25, 0.3) is 55.8 Å². The maximum absolute atomic E-state index is 2.38. The molecule has 0 N–H and O–H groups in total. The van der Waals surface area contributed by atoms with E-state index in [9.17, 15) is 0 Å². The van der Waals surface area contributed by atoms with Gasteiger partial charge in [0.2, 0.25) is 5.69 Å². The van der Waals surface area contributed by atoms with Crippen molar-refractivity contribution in [2.24, 2.45) is 7.05 Å². The molecular weight excluding hydrogens is 422 g/mol. The van der Waals surface area contributed by atoms with Crippen molar-refractivity contribution in [3.63, 3.8) is 0 Å². The number of nitrogens with zero attached hydrogens (tertiary/aromatic N) is 1. The van der Waals surface area contributed by atoms with Crippen LogP contribution in [0.15, 0.2) is 103 Å². The first-order valence-electron chi connectivity index (χ1n) is 12.5. The summed E-state index contributed by atoms with van der Waals surface area (Å²) in [7, 11) is 2.16. The van der Waals surface area contributed by atoms with Crippen LogP contribution in [-0.4, -0.2) is 0 Å². The van der Waals surface area contributed by atoms with E-state index >= 15 is 0 Å². The molecule has 0 unspecified atom stereocenters. The van der Waals surface area contributed by atoms with Crippen molar-refractivity contribution in [3.8, 4) is 55.8 Å². The van der Waals surface area contributed by atoms with Gasteiger partial charge in [0.25, 0.3) is 0 Å². The van der Waals surface area contributed by atoms with E-state index in [1.54, 1.807) is 0 Å². The summed E-state index contributed by atoms with van der Waals surface area (Å²) in [5.74, 6) is 0.473. The summed E-state index contributed by atoms with van der Waals surface area (Å²) in [5.41, 5.74) is 15.6. The van der Waals surface area contributed by atoms with Crippen LogP contribution in [0.2, 0.25) is 0 Å². The zero-order valence-electron chi connectivity index (χ0n) is 20.8. The molecule has 0 bridgehead atoms. The van der Waals surface area contributed by atoms with E-state index in [4.69, 9.17) is 0 Å². The quantitative estimate of drug-likeness (QED) is 0.232. The molecule has 1 aliphatic rings. The SMILES string of the molecule is Cc1ccc2c(c1-c1cc(C(C)C)cc[n+]1C)-c1ccccc1-c1ccccc1-c1ccccc1-2. The Kier molecular flexibility index (Phi) is 5.15. The summed E-state index contributed by atoms with van der Waals surface area (Å²) < 4.78 is 2.27. The van der Waals surface area contributed by atoms with E-state index in [1.807, 2.05) is 0 Å². The molecule has 4 aromatic carbocycles. The Hall–Kier alpha value is -3.97. The van der Waals surface area contributed by atoms with Gasteiger partial charge in [-0.3, -0.25) is 0 Å². The highest BCUT2D eigenvalue weighted by Crippen LogP contribution is 2.50. The number of aromatic nitrogens is 1. The lowest BCUT2D eigenvalue weighted by atomic mass is 9.78. The Morgan fingerprint density at radius 3 is 1.57 bits per heavy atom. The molecule has 0 atom stereocenters. The third-order valence-corrected chi connectivity index (χ3v) is 7.43. The van der Waals surface area contributed by atoms with E-state index in [-0.39, 0.29) is 0 Å². The topological polar surface area (TPSA) is 3.88 Å². The molecule has 0 saturated carbocycles. The highest BCUT2D eigenvalue weighted by molar-refractivity contribution is 6.06. The second kappa shape index (κ2) is 8.36. The Morgan fingerprint density at radius 1 is 0.543 bits per heavy atom. The van der Waals surface area contributed by atoms with Crippen molar-refractivity contribution in [1.29, 1.82) is 0 Å². The number of benzene rings is 4. The largest absolute Gasteiger partial charge is 0.213 e. The fourth-order valence-corrected chi connectivity index (χ4v) is 5.58. The van der Waals surface area contributed by atoms with E-state index in [0.717, 1.165) is 0 Å². The van der Waals surface area contributed by atoms with Crippen molar-refractivity contribution in [1.82, 2.24) is 0 Å². The average molecular weight is 453 g/mol. The van der Waals surface area contributed by atoms with Gasteiger partial charge in [-0.1, -0.05) is 98.8 Å². The monoisotopic (exact) mass is 452 g/mol. The zero-order valence-corrected chi connectivity index (χ0v) is 20.8. The molecule has 0 aliphatic heterocycles. The minimum Gasteiger partial charge on any atom is -0.201 e. The van der Waals surface area contributed by atoms with Gasteiger partial charge in [-0.15, -0.1) is 0 Å². The van der Waals surface area contributed by atoms with Crippen LogP contribution in [0.5, 0.6) is 0 Å². The number of pyridine rings is 1. The Bertz CT molecular complexity index is 1580. The molecule has 1 aromatic heterocycles. The molecule has 170 valence electrons. The Labute approximate surface area is 208 Å². The summed E-state index contributed by atoms with van der Waals surface area (Å²) in [6.07, 6.45) is 2.21. The van der Waals surface area contributed by atoms with Crippen LogP contribution in [0.3, 0.4) is 0 Å². The van der Waals surface area contributed by atoms with Crippen molar-refractivity contribution < 1.29 is 4.57 Å². The molecule has 5 aromatic rings. The van der Waals surface area contributed by atoms with Crippen LogP contribution in [0, 0.1) is 6.92 Å². The fraction of sp³-hybridized carbons (Fsp3) is 0.147. The van der Waals surface area contributed by atoms with E-state index in [0.29, 0.717) is 5.92 Å². The summed E-state index contributed by atoms with van der Waals surface area (Å²) in [5, 5.41) is 0. The van der Waals surface area contributed by atoms with Crippen LogP contribution in [0.1, 0.15) is 30.9 Å². The Balaban J connectivity index is 1.81. The van der Waals surface area contributed by atoms with Gasteiger partial charge >= 0.3 is 0 Å². The normalized spacial score (nSPS) is 11.7. The first-order chi connectivity index (χ1) is 17.0. The molecule has 1 heterocycles. The van der Waals surface area contributed by atoms with Crippen LogP contribution < -0.4 is 4.57 Å². The molecule has 0 spiro atoms. The van der Waals surface area contributed by atoms with Gasteiger partial charge in [-0.2, -0.15) is 0 Å². The van der Waals surface area contributed by atoms with Gasteiger partial charge in [0.05, 0.1) is 5.56 Å². The molecule has 1 heteroatoms. The highest BCUT2D eigenvalue weighted by atomic mass is 14.9. The van der Waals surface area contributed by atoms with Crippen molar-refractivity contribution >= 4 is 0 Å². The molecule has 0 amide bonds. The molecule has 0 saturated heterocycles. The molecule has 35 heavy (non-hydrogen) atoms. The fourth-order valence-electron chi connectivity index (χ4n) is 5.58. The van der Waals surface area contributed by atoms with Crippen molar-refractivity contribution in [2.45, 2.75) is 26.7 Å². The second-order valence-corrected chi connectivity index (χ2v) is 9.93. The highest BCUT2D eigenvalue weighted by Gasteiger charge is 2.27. The van der Waals surface area contributed by atoms with Gasteiger partial charge in [0.1, 0.15) is 7.05 Å². The summed E-state index contributed by atoms with van der Waals surface area (Å²) >= 11 is 0. The third kappa shape index (κ3) is 3.42. The first-order valence-corrected chi connectivity index (χ1v) is 12.5. The van der Waals surface area contributed by atoms with Crippen LogP contribution in [-0.2, 0) is 7.05 Å². The average Bonchev–Trinajstić information content (AvgIpc) is 2.88. The summed E-state index contributed by atoms with van der Waals surface area (Å²) in [4.78, 5) is 0. The first kappa shape index (κ1) is 21.6. The smallest absolute Gasteiger partial charge is 0.201 e. The number of aryl methyl sites for hydroxylation is 2. The lowest BCUT2D eigenvalue weighted by molar-refractivity contribution is -0.660. The van der Waals surface area contributed by atoms with Gasteiger partial charge in [0, 0.05) is 17.7 Å². The van der Waals surface area contributed by atoms with E-state index in [1.165, 1.54) is 66.9 Å². The summed E-state index contributed by atoms with van der Waals surface area (Å²) in [6.45, 7) is 6.78. The second-order valence-electron chi connectivity index (χ2n) is 9.93. The number of rotatable bonds is 2. The third-order valence-electron chi connectivity index (χ3n) is 7.43. The van der Waals surface area contributed by atoms with Gasteiger partial charge in [-0.05, 0) is 62.9 Å². The molecule has 0 radical (unpaired) electrons. The van der Waals surface area contributed by atoms with Gasteiger partial charge in [-0.25, -0.2) is 4.57 Å². The van der Waals surface area contributed by atoms with E-state index in [2.05, 4.69) is 136 Å². The van der Waals surface area contributed by atoms with Crippen molar-refractivity contribution in [3.05, 3.63) is 114 Å². The predicted octanol–water partition coefficient (Wildman–Crippen LogP) is 8.59. The Morgan fingerprint density at radius 2 is 1.03 bits per heavy atom. The lowest BCUT2D eigenvalue weighted by Crippen LogP contribution is -2.31. The molecule has 1 aliphatic carbocycles. The standard InChI is InChI=1S/C34H30N/c1-22(2)24-19-20-35(4)32(21-24)33-23(3)17-18-31-29-15-8-7-13-27(29)25-11-5-6-12-26(25)28-14-9-10-16-30(28)34(31)33/h5-22H,1-4H3/q+1. The lowest BCUT2D eigenvalue weighted by Gasteiger charge is -2.25. The van der Waals surface area contributed by atoms with E-state index < -0.39 is 0 Å².